The van der Waals surface area contributed by atoms with Gasteiger partial charge in [-0.05, 0) is 38.6 Å². The molecule has 1 saturated heterocycles. The van der Waals surface area contributed by atoms with Gasteiger partial charge in [0, 0.05) is 6.04 Å². The number of carbonyl (C=O) groups is 1. The van der Waals surface area contributed by atoms with E-state index in [0.717, 1.165) is 19.4 Å². The predicted molar refractivity (Wildman–Crippen MR) is 60.3 cm³/mol. The first-order valence-electron chi connectivity index (χ1n) is 6.01. The summed E-state index contributed by atoms with van der Waals surface area (Å²) in [6, 6.07) is 0.433. The number of nitrogens with two attached hydrogens (primary N) is 1. The Balaban J connectivity index is 2.06. The average molecular weight is 208 g/mol. The first-order chi connectivity index (χ1) is 7.29. The molecule has 0 bridgehead atoms. The van der Waals surface area contributed by atoms with Gasteiger partial charge >= 0.3 is 0 Å². The highest BCUT2D eigenvalue weighted by molar-refractivity contribution is 5.80. The largest absolute Gasteiger partial charge is 0.368 e. The molecule has 0 spiro atoms. The van der Waals surface area contributed by atoms with E-state index in [1.54, 1.807) is 0 Å². The van der Waals surface area contributed by atoms with Crippen molar-refractivity contribution in [1.29, 1.82) is 0 Å². The van der Waals surface area contributed by atoms with Crippen LogP contribution in [-0.2, 0) is 4.79 Å². The van der Waals surface area contributed by atoms with E-state index < -0.39 is 0 Å². The Kier molecular flexibility index (Phi) is 3.41. The van der Waals surface area contributed by atoms with E-state index in [9.17, 15) is 4.79 Å². The number of primary amides is 1. The van der Waals surface area contributed by atoms with Crippen LogP contribution in [0.3, 0.4) is 0 Å². The SMILES string of the molecule is NC(=O)[C@@H]1CCCCN1[C@@H]1C=CCCC1. The molecule has 0 radical (unpaired) electrons. The monoisotopic (exact) mass is 208 g/mol. The Labute approximate surface area is 91.3 Å². The second-order valence-corrected chi connectivity index (χ2v) is 4.58. The van der Waals surface area contributed by atoms with Crippen LogP contribution in [0.2, 0.25) is 0 Å². The normalized spacial score (nSPS) is 32.8. The van der Waals surface area contributed by atoms with Crippen LogP contribution in [0.4, 0.5) is 0 Å². The zero-order valence-corrected chi connectivity index (χ0v) is 9.19. The Morgan fingerprint density at radius 2 is 2.13 bits per heavy atom. The lowest BCUT2D eigenvalue weighted by Crippen LogP contribution is -2.52. The van der Waals surface area contributed by atoms with E-state index in [0.29, 0.717) is 6.04 Å². The highest BCUT2D eigenvalue weighted by Gasteiger charge is 2.31. The van der Waals surface area contributed by atoms with Gasteiger partial charge in [0.1, 0.15) is 0 Å². The van der Waals surface area contributed by atoms with E-state index in [-0.39, 0.29) is 11.9 Å². The van der Waals surface area contributed by atoms with Crippen LogP contribution in [0.25, 0.3) is 0 Å². The molecule has 1 heterocycles. The van der Waals surface area contributed by atoms with Gasteiger partial charge in [0.15, 0.2) is 0 Å². The van der Waals surface area contributed by atoms with Crippen molar-refractivity contribution in [1.82, 2.24) is 4.90 Å². The Hall–Kier alpha value is -0.830. The summed E-state index contributed by atoms with van der Waals surface area (Å²) < 4.78 is 0. The number of piperidine rings is 1. The van der Waals surface area contributed by atoms with Gasteiger partial charge in [0.25, 0.3) is 0 Å². The molecule has 2 N–H and O–H groups in total. The molecular formula is C12H20N2O. The second kappa shape index (κ2) is 4.79. The molecule has 2 rings (SSSR count). The number of hydrogen-bond acceptors (Lipinski definition) is 2. The fourth-order valence-corrected chi connectivity index (χ4v) is 2.73. The molecule has 1 fully saturated rings. The van der Waals surface area contributed by atoms with Crippen molar-refractivity contribution in [2.75, 3.05) is 6.54 Å². The summed E-state index contributed by atoms with van der Waals surface area (Å²) in [4.78, 5) is 13.7. The van der Waals surface area contributed by atoms with Crippen LogP contribution < -0.4 is 5.73 Å². The van der Waals surface area contributed by atoms with Crippen LogP contribution in [0, 0.1) is 0 Å². The fraction of sp³-hybridized carbons (Fsp3) is 0.750. The molecule has 0 saturated carbocycles. The Morgan fingerprint density at radius 1 is 1.27 bits per heavy atom. The summed E-state index contributed by atoms with van der Waals surface area (Å²) in [5, 5.41) is 0. The van der Waals surface area contributed by atoms with Gasteiger partial charge in [0.05, 0.1) is 6.04 Å². The highest BCUT2D eigenvalue weighted by Crippen LogP contribution is 2.24. The van der Waals surface area contributed by atoms with Crippen molar-refractivity contribution in [3.8, 4) is 0 Å². The minimum Gasteiger partial charge on any atom is -0.368 e. The summed E-state index contributed by atoms with van der Waals surface area (Å²) in [6.07, 6.45) is 11.4. The zero-order chi connectivity index (χ0) is 10.7. The summed E-state index contributed by atoms with van der Waals surface area (Å²) in [7, 11) is 0. The molecule has 0 unspecified atom stereocenters. The van der Waals surface area contributed by atoms with E-state index >= 15 is 0 Å². The molecule has 0 aromatic rings. The molecule has 0 aromatic heterocycles. The third-order valence-corrected chi connectivity index (χ3v) is 3.53. The number of amides is 1. The van der Waals surface area contributed by atoms with E-state index in [4.69, 9.17) is 5.73 Å². The van der Waals surface area contributed by atoms with Gasteiger partial charge in [-0.25, -0.2) is 0 Å². The Bertz CT molecular complexity index is 262. The number of likely N-dealkylation sites (tertiary alicyclic amines) is 1. The third kappa shape index (κ3) is 2.40. The van der Waals surface area contributed by atoms with Gasteiger partial charge < -0.3 is 5.73 Å². The molecule has 15 heavy (non-hydrogen) atoms. The van der Waals surface area contributed by atoms with Crippen LogP contribution in [-0.4, -0.2) is 29.4 Å². The maximum absolute atomic E-state index is 11.4. The first kappa shape index (κ1) is 10.7. The van der Waals surface area contributed by atoms with Crippen molar-refractivity contribution in [2.24, 2.45) is 5.73 Å². The Morgan fingerprint density at radius 3 is 2.80 bits per heavy atom. The average Bonchev–Trinajstić information content (AvgIpc) is 2.30. The van der Waals surface area contributed by atoms with Crippen molar-refractivity contribution >= 4 is 5.91 Å². The minimum atomic E-state index is -0.145. The number of rotatable bonds is 2. The molecule has 1 aliphatic carbocycles. The van der Waals surface area contributed by atoms with Crippen LogP contribution in [0.5, 0.6) is 0 Å². The van der Waals surface area contributed by atoms with Crippen molar-refractivity contribution < 1.29 is 4.79 Å². The van der Waals surface area contributed by atoms with Gasteiger partial charge in [-0.15, -0.1) is 0 Å². The zero-order valence-electron chi connectivity index (χ0n) is 9.19. The molecule has 2 aliphatic rings. The van der Waals surface area contributed by atoms with Crippen LogP contribution in [0.15, 0.2) is 12.2 Å². The second-order valence-electron chi connectivity index (χ2n) is 4.58. The standard InChI is InChI=1S/C12H20N2O/c13-12(15)11-8-4-5-9-14(11)10-6-2-1-3-7-10/h2,6,10-11H,1,3-5,7-9H2,(H2,13,15)/t10-,11+/m1/s1. The lowest BCUT2D eigenvalue weighted by molar-refractivity contribution is -0.125. The van der Waals surface area contributed by atoms with Gasteiger partial charge in [-0.3, -0.25) is 9.69 Å². The van der Waals surface area contributed by atoms with E-state index in [1.165, 1.54) is 25.7 Å². The van der Waals surface area contributed by atoms with Gasteiger partial charge in [0.2, 0.25) is 5.91 Å². The first-order valence-corrected chi connectivity index (χ1v) is 6.01. The van der Waals surface area contributed by atoms with Crippen molar-refractivity contribution in [2.45, 2.75) is 50.6 Å². The van der Waals surface area contributed by atoms with Crippen molar-refractivity contribution in [3.05, 3.63) is 12.2 Å². The molecular weight excluding hydrogens is 188 g/mol. The van der Waals surface area contributed by atoms with Crippen LogP contribution in [0.1, 0.15) is 38.5 Å². The van der Waals surface area contributed by atoms with Gasteiger partial charge in [-0.1, -0.05) is 18.6 Å². The molecule has 1 amide bonds. The lowest BCUT2D eigenvalue weighted by atomic mass is 9.94. The molecule has 1 aliphatic heterocycles. The molecule has 2 atom stereocenters. The number of hydrogen-bond donors (Lipinski definition) is 1. The summed E-state index contributed by atoms with van der Waals surface area (Å²) in [5.41, 5.74) is 5.46. The van der Waals surface area contributed by atoms with E-state index in [2.05, 4.69) is 17.1 Å². The quantitative estimate of drug-likeness (QED) is 0.698. The summed E-state index contributed by atoms with van der Waals surface area (Å²) in [6.45, 7) is 1.03. The summed E-state index contributed by atoms with van der Waals surface area (Å²) >= 11 is 0. The molecule has 3 nitrogen and oxygen atoms in total. The maximum atomic E-state index is 11.4. The number of nitrogens with zero attached hydrogens (tertiary/aromatic N) is 1. The number of allylic oxidation sites excluding steroid dienone is 1. The molecule has 84 valence electrons. The van der Waals surface area contributed by atoms with Gasteiger partial charge in [-0.2, -0.15) is 0 Å². The third-order valence-electron chi connectivity index (χ3n) is 3.53. The lowest BCUT2D eigenvalue weighted by Gasteiger charge is -2.39. The predicted octanol–water partition coefficient (Wildman–Crippen LogP) is 1.43. The minimum absolute atomic E-state index is 0.0218. The molecule has 3 heteroatoms. The van der Waals surface area contributed by atoms with E-state index in [1.807, 2.05) is 0 Å². The maximum Gasteiger partial charge on any atom is 0.234 e. The molecule has 0 aromatic carbocycles. The summed E-state index contributed by atoms with van der Waals surface area (Å²) in [5.74, 6) is -0.145. The fourth-order valence-electron chi connectivity index (χ4n) is 2.73. The smallest absolute Gasteiger partial charge is 0.234 e. The van der Waals surface area contributed by atoms with Crippen LogP contribution >= 0.6 is 0 Å². The topological polar surface area (TPSA) is 46.3 Å². The number of carbonyl (C=O) groups excluding carboxylic acids is 1. The highest BCUT2D eigenvalue weighted by atomic mass is 16.1. The van der Waals surface area contributed by atoms with Crippen molar-refractivity contribution in [3.63, 3.8) is 0 Å².